The zero-order chi connectivity index (χ0) is 15.3. The highest BCUT2D eigenvalue weighted by Gasteiger charge is 2.29. The molecule has 0 aromatic rings. The van der Waals surface area contributed by atoms with Gasteiger partial charge in [0.1, 0.15) is 0 Å². The van der Waals surface area contributed by atoms with Gasteiger partial charge in [-0.25, -0.2) is 9.59 Å². The highest BCUT2D eigenvalue weighted by molar-refractivity contribution is 5.82. The molecule has 20 heavy (non-hydrogen) atoms. The van der Waals surface area contributed by atoms with E-state index in [2.05, 4.69) is 26.1 Å². The minimum Gasteiger partial charge on any atom is -0.480 e. The molecule has 0 aromatic heterocycles. The third kappa shape index (κ3) is 4.67. The summed E-state index contributed by atoms with van der Waals surface area (Å²) in [5, 5.41) is 20.1. The van der Waals surface area contributed by atoms with Crippen molar-refractivity contribution in [3.63, 3.8) is 0 Å². The van der Waals surface area contributed by atoms with Gasteiger partial charge in [0.05, 0.1) is 6.61 Å². The summed E-state index contributed by atoms with van der Waals surface area (Å²) in [6.07, 6.45) is 2.93. The summed E-state index contributed by atoms with van der Waals surface area (Å²) in [4.78, 5) is 24.5. The average Bonchev–Trinajstić information content (AvgIpc) is 2.60. The first kappa shape index (κ1) is 16.8. The van der Waals surface area contributed by atoms with Gasteiger partial charge >= 0.3 is 12.0 Å². The van der Waals surface area contributed by atoms with E-state index in [9.17, 15) is 9.59 Å². The summed E-state index contributed by atoms with van der Waals surface area (Å²) in [7, 11) is 0. The summed E-state index contributed by atoms with van der Waals surface area (Å²) >= 11 is 0. The standard InChI is InChI=1S/C14H26N2O4/c1-14(2,3)10-5-4-7-16(8-6-10)13(20)15-11(9-17)12(18)19/h10-11,17H,4-9H2,1-3H3,(H,15,20)(H,18,19). The normalized spacial score (nSPS) is 22.0. The fourth-order valence-electron chi connectivity index (χ4n) is 2.59. The number of carboxylic acids is 1. The van der Waals surface area contributed by atoms with E-state index in [0.717, 1.165) is 19.3 Å². The number of aliphatic carboxylic acids is 1. The van der Waals surface area contributed by atoms with Crippen molar-refractivity contribution >= 4 is 12.0 Å². The number of hydrogen-bond acceptors (Lipinski definition) is 3. The number of carbonyl (C=O) groups excluding carboxylic acids is 1. The molecule has 2 amide bonds. The van der Waals surface area contributed by atoms with E-state index in [4.69, 9.17) is 10.2 Å². The molecule has 2 unspecified atom stereocenters. The van der Waals surface area contributed by atoms with E-state index in [1.807, 2.05) is 0 Å². The number of amides is 2. The lowest BCUT2D eigenvalue weighted by Crippen LogP contribution is -2.49. The molecule has 0 bridgehead atoms. The Morgan fingerprint density at radius 2 is 1.95 bits per heavy atom. The number of carboxylic acid groups (broad SMARTS) is 1. The number of carbonyl (C=O) groups is 2. The Bertz CT molecular complexity index is 352. The molecule has 1 aliphatic heterocycles. The summed E-state index contributed by atoms with van der Waals surface area (Å²) in [6, 6.07) is -1.63. The van der Waals surface area contributed by atoms with E-state index < -0.39 is 24.6 Å². The molecular weight excluding hydrogens is 260 g/mol. The van der Waals surface area contributed by atoms with Crippen molar-refractivity contribution in [2.45, 2.75) is 46.1 Å². The lowest BCUT2D eigenvalue weighted by molar-refractivity contribution is -0.140. The molecule has 116 valence electrons. The Kier molecular flexibility index (Phi) is 5.80. The lowest BCUT2D eigenvalue weighted by Gasteiger charge is -2.29. The van der Waals surface area contributed by atoms with Gasteiger partial charge in [-0.1, -0.05) is 20.8 Å². The molecule has 0 saturated carbocycles. The molecule has 0 aliphatic carbocycles. The molecule has 3 N–H and O–H groups in total. The number of hydrogen-bond donors (Lipinski definition) is 3. The smallest absolute Gasteiger partial charge is 0.328 e. The second kappa shape index (κ2) is 6.92. The lowest BCUT2D eigenvalue weighted by atomic mass is 9.77. The van der Waals surface area contributed by atoms with E-state index in [1.54, 1.807) is 4.90 Å². The highest BCUT2D eigenvalue weighted by atomic mass is 16.4. The van der Waals surface area contributed by atoms with Crippen molar-refractivity contribution in [2.75, 3.05) is 19.7 Å². The van der Waals surface area contributed by atoms with Crippen molar-refractivity contribution in [1.82, 2.24) is 10.2 Å². The maximum Gasteiger partial charge on any atom is 0.328 e. The summed E-state index contributed by atoms with van der Waals surface area (Å²) in [5.74, 6) is -0.656. The van der Waals surface area contributed by atoms with E-state index in [0.29, 0.717) is 19.0 Å². The first-order valence-corrected chi connectivity index (χ1v) is 7.14. The first-order chi connectivity index (χ1) is 9.25. The van der Waals surface area contributed by atoms with Crippen LogP contribution in [0, 0.1) is 11.3 Å². The SMILES string of the molecule is CC(C)(C)C1CCCN(C(=O)NC(CO)C(=O)O)CC1. The van der Waals surface area contributed by atoms with Gasteiger partial charge < -0.3 is 20.4 Å². The predicted octanol–water partition coefficient (Wildman–Crippen LogP) is 1.29. The Morgan fingerprint density at radius 1 is 1.30 bits per heavy atom. The third-order valence-corrected chi connectivity index (χ3v) is 4.02. The Balaban J connectivity index is 2.56. The van der Waals surface area contributed by atoms with Crippen LogP contribution in [0.1, 0.15) is 40.0 Å². The maximum atomic E-state index is 12.0. The van der Waals surface area contributed by atoms with Crippen LogP contribution in [0.4, 0.5) is 4.79 Å². The van der Waals surface area contributed by atoms with Crippen LogP contribution in [0.3, 0.4) is 0 Å². The van der Waals surface area contributed by atoms with Crippen molar-refractivity contribution in [2.24, 2.45) is 11.3 Å². The second-order valence-corrected chi connectivity index (χ2v) is 6.50. The fourth-order valence-corrected chi connectivity index (χ4v) is 2.59. The van der Waals surface area contributed by atoms with Gasteiger partial charge in [-0.3, -0.25) is 0 Å². The number of rotatable bonds is 3. The summed E-state index contributed by atoms with van der Waals surface area (Å²) in [6.45, 7) is 7.29. The quantitative estimate of drug-likeness (QED) is 0.729. The molecule has 1 fully saturated rings. The minimum absolute atomic E-state index is 0.223. The number of aliphatic hydroxyl groups excluding tert-OH is 1. The maximum absolute atomic E-state index is 12.0. The van der Waals surface area contributed by atoms with E-state index in [1.165, 1.54) is 0 Å². The van der Waals surface area contributed by atoms with Crippen LogP contribution in [0.25, 0.3) is 0 Å². The van der Waals surface area contributed by atoms with E-state index >= 15 is 0 Å². The van der Waals surface area contributed by atoms with Gasteiger partial charge in [0.25, 0.3) is 0 Å². The Hall–Kier alpha value is -1.30. The molecule has 0 aromatic carbocycles. The average molecular weight is 286 g/mol. The van der Waals surface area contributed by atoms with Crippen LogP contribution >= 0.6 is 0 Å². The van der Waals surface area contributed by atoms with Crippen molar-refractivity contribution < 1.29 is 19.8 Å². The zero-order valence-electron chi connectivity index (χ0n) is 12.6. The number of urea groups is 1. The van der Waals surface area contributed by atoms with Gasteiger partial charge in [-0.15, -0.1) is 0 Å². The predicted molar refractivity (Wildman–Crippen MR) is 75.4 cm³/mol. The van der Waals surface area contributed by atoms with Gasteiger partial charge in [0, 0.05) is 13.1 Å². The van der Waals surface area contributed by atoms with Crippen molar-refractivity contribution in [3.05, 3.63) is 0 Å². The van der Waals surface area contributed by atoms with Crippen LogP contribution in [-0.4, -0.2) is 52.9 Å². The molecule has 1 aliphatic rings. The number of likely N-dealkylation sites (tertiary alicyclic amines) is 1. The van der Waals surface area contributed by atoms with Gasteiger partial charge in [0.2, 0.25) is 0 Å². The molecule has 0 radical (unpaired) electrons. The van der Waals surface area contributed by atoms with Crippen molar-refractivity contribution in [1.29, 1.82) is 0 Å². The number of aliphatic hydroxyl groups is 1. The molecule has 0 spiro atoms. The fraction of sp³-hybridized carbons (Fsp3) is 0.857. The molecule has 1 saturated heterocycles. The van der Waals surface area contributed by atoms with E-state index in [-0.39, 0.29) is 5.41 Å². The Morgan fingerprint density at radius 3 is 2.45 bits per heavy atom. The number of nitrogens with zero attached hydrogens (tertiary/aromatic N) is 1. The summed E-state index contributed by atoms with van der Waals surface area (Å²) < 4.78 is 0. The monoisotopic (exact) mass is 286 g/mol. The number of nitrogens with one attached hydrogen (secondary N) is 1. The minimum atomic E-state index is -1.23. The summed E-state index contributed by atoms with van der Waals surface area (Å²) in [5.41, 5.74) is 0.223. The van der Waals surface area contributed by atoms with Crippen LogP contribution in [-0.2, 0) is 4.79 Å². The largest absolute Gasteiger partial charge is 0.480 e. The van der Waals surface area contributed by atoms with Gasteiger partial charge in [-0.05, 0) is 30.6 Å². The zero-order valence-corrected chi connectivity index (χ0v) is 12.6. The Labute approximate surface area is 120 Å². The molecule has 6 heteroatoms. The molecule has 1 heterocycles. The molecule has 2 atom stereocenters. The molecular formula is C14H26N2O4. The van der Waals surface area contributed by atoms with Crippen LogP contribution in [0.15, 0.2) is 0 Å². The van der Waals surface area contributed by atoms with Gasteiger partial charge in [0.15, 0.2) is 6.04 Å². The van der Waals surface area contributed by atoms with Gasteiger partial charge in [-0.2, -0.15) is 0 Å². The first-order valence-electron chi connectivity index (χ1n) is 7.14. The van der Waals surface area contributed by atoms with Crippen LogP contribution in [0.5, 0.6) is 0 Å². The second-order valence-electron chi connectivity index (χ2n) is 6.50. The topological polar surface area (TPSA) is 89.9 Å². The molecule has 1 rings (SSSR count). The van der Waals surface area contributed by atoms with Crippen LogP contribution in [0.2, 0.25) is 0 Å². The molecule has 6 nitrogen and oxygen atoms in total. The third-order valence-electron chi connectivity index (χ3n) is 4.02. The van der Waals surface area contributed by atoms with Crippen molar-refractivity contribution in [3.8, 4) is 0 Å². The highest BCUT2D eigenvalue weighted by Crippen LogP contribution is 2.34. The van der Waals surface area contributed by atoms with Crippen LogP contribution < -0.4 is 5.32 Å².